The van der Waals surface area contributed by atoms with E-state index in [0.29, 0.717) is 16.1 Å². The first-order valence-corrected chi connectivity index (χ1v) is 7.35. The average molecular weight is 351 g/mol. The molecule has 0 saturated heterocycles. The molecule has 20 heavy (non-hydrogen) atoms. The number of rotatable bonds is 2. The molecule has 0 aliphatic heterocycles. The lowest BCUT2D eigenvalue weighted by atomic mass is 10.2. The summed E-state index contributed by atoms with van der Waals surface area (Å²) in [7, 11) is 0. The summed E-state index contributed by atoms with van der Waals surface area (Å²) in [4.78, 5) is 16.6. The minimum Gasteiger partial charge on any atom is -0.306 e. The molecule has 6 heteroatoms. The summed E-state index contributed by atoms with van der Waals surface area (Å²) in [6, 6.07) is 9.84. The quantitative estimate of drug-likeness (QED) is 0.741. The number of nitrogens with zero attached hydrogens (tertiary/aromatic N) is 1. The lowest BCUT2D eigenvalue weighted by Crippen LogP contribution is -2.11. The van der Waals surface area contributed by atoms with Crippen LogP contribution in [0.15, 0.2) is 47.1 Å². The van der Waals surface area contributed by atoms with Gasteiger partial charge in [0.15, 0.2) is 0 Å². The maximum atomic E-state index is 13.6. The van der Waals surface area contributed by atoms with Crippen LogP contribution in [0.25, 0.3) is 10.1 Å². The molecule has 0 unspecified atom stereocenters. The van der Waals surface area contributed by atoms with Crippen LogP contribution in [0.3, 0.4) is 0 Å². The Morgan fingerprint density at radius 1 is 1.30 bits per heavy atom. The van der Waals surface area contributed by atoms with Gasteiger partial charge in [-0.3, -0.25) is 4.79 Å². The van der Waals surface area contributed by atoms with Gasteiger partial charge in [0.05, 0.1) is 4.88 Å². The smallest absolute Gasteiger partial charge is 0.266 e. The van der Waals surface area contributed by atoms with E-state index in [1.165, 1.54) is 17.4 Å². The van der Waals surface area contributed by atoms with E-state index in [2.05, 4.69) is 26.2 Å². The summed E-state index contributed by atoms with van der Waals surface area (Å²) in [5.74, 6) is -0.156. The van der Waals surface area contributed by atoms with E-state index in [9.17, 15) is 9.18 Å². The number of carbonyl (C=O) groups excluding carboxylic acids is 1. The van der Waals surface area contributed by atoms with Crippen molar-refractivity contribution in [3.63, 3.8) is 0 Å². The number of aromatic nitrogens is 1. The van der Waals surface area contributed by atoms with Crippen LogP contribution in [0.2, 0.25) is 0 Å². The summed E-state index contributed by atoms with van der Waals surface area (Å²) < 4.78 is 15.2. The number of nitrogens with one attached hydrogen (secondary N) is 1. The average Bonchev–Trinajstić information content (AvgIpc) is 2.87. The van der Waals surface area contributed by atoms with E-state index < -0.39 is 0 Å². The van der Waals surface area contributed by atoms with Crippen LogP contribution in [0.1, 0.15) is 9.67 Å². The molecule has 1 aromatic carbocycles. The number of hydrogen-bond acceptors (Lipinski definition) is 3. The van der Waals surface area contributed by atoms with E-state index in [1.54, 1.807) is 36.5 Å². The van der Waals surface area contributed by atoms with Crippen LogP contribution >= 0.6 is 27.3 Å². The fraction of sp³-hybridized carbons (Fsp3) is 0. The molecule has 1 N–H and O–H groups in total. The molecular weight excluding hydrogens is 343 g/mol. The molecule has 0 atom stereocenters. The zero-order chi connectivity index (χ0) is 14.1. The van der Waals surface area contributed by atoms with E-state index in [0.717, 1.165) is 9.17 Å². The van der Waals surface area contributed by atoms with Crippen LogP contribution in [-0.4, -0.2) is 10.9 Å². The molecule has 2 aromatic heterocycles. The van der Waals surface area contributed by atoms with Crippen molar-refractivity contribution in [2.75, 3.05) is 5.32 Å². The van der Waals surface area contributed by atoms with E-state index >= 15 is 0 Å². The van der Waals surface area contributed by atoms with Crippen molar-refractivity contribution in [1.82, 2.24) is 4.98 Å². The highest BCUT2D eigenvalue weighted by Crippen LogP contribution is 2.28. The topological polar surface area (TPSA) is 42.0 Å². The number of amides is 1. The number of benzene rings is 1. The Balaban J connectivity index is 1.89. The third-order valence-electron chi connectivity index (χ3n) is 2.70. The van der Waals surface area contributed by atoms with Gasteiger partial charge >= 0.3 is 0 Å². The standard InChI is InChI=1S/C14H8BrFN2OS/c15-8-4-5-13(17-7-8)18-14(19)12-6-9-10(16)2-1-3-11(9)20-12/h1-7H,(H,17,18,19). The normalized spacial score (nSPS) is 10.7. The van der Waals surface area contributed by atoms with E-state index in [1.807, 2.05) is 0 Å². The zero-order valence-electron chi connectivity index (χ0n) is 10.1. The van der Waals surface area contributed by atoms with Crippen molar-refractivity contribution in [2.24, 2.45) is 0 Å². The molecule has 1 amide bonds. The van der Waals surface area contributed by atoms with Crippen molar-refractivity contribution in [2.45, 2.75) is 0 Å². The monoisotopic (exact) mass is 350 g/mol. The van der Waals surface area contributed by atoms with Crippen molar-refractivity contribution in [3.8, 4) is 0 Å². The van der Waals surface area contributed by atoms with Gasteiger partial charge in [0.1, 0.15) is 11.6 Å². The van der Waals surface area contributed by atoms with Crippen molar-refractivity contribution in [3.05, 3.63) is 57.8 Å². The highest BCUT2D eigenvalue weighted by molar-refractivity contribution is 9.10. The van der Waals surface area contributed by atoms with Crippen molar-refractivity contribution < 1.29 is 9.18 Å². The minimum absolute atomic E-state index is 0.291. The van der Waals surface area contributed by atoms with E-state index in [4.69, 9.17) is 0 Å². The second-order valence-corrected chi connectivity index (χ2v) is 6.08. The highest BCUT2D eigenvalue weighted by Gasteiger charge is 2.12. The summed E-state index contributed by atoms with van der Waals surface area (Å²) in [6.45, 7) is 0. The third kappa shape index (κ3) is 2.57. The summed E-state index contributed by atoms with van der Waals surface area (Å²) in [5, 5.41) is 3.15. The molecule has 100 valence electrons. The lowest BCUT2D eigenvalue weighted by Gasteiger charge is -2.01. The number of anilines is 1. The maximum absolute atomic E-state index is 13.6. The Hall–Kier alpha value is -1.79. The number of thiophene rings is 1. The Bertz CT molecular complexity index is 785. The van der Waals surface area contributed by atoms with Gasteiger partial charge in [0.2, 0.25) is 0 Å². The Morgan fingerprint density at radius 2 is 2.15 bits per heavy atom. The first kappa shape index (κ1) is 13.2. The van der Waals surface area contributed by atoms with Gasteiger partial charge in [0.25, 0.3) is 5.91 Å². The summed E-state index contributed by atoms with van der Waals surface area (Å²) in [5.41, 5.74) is 0. The predicted octanol–water partition coefficient (Wildman–Crippen LogP) is 4.45. The third-order valence-corrected chi connectivity index (χ3v) is 4.27. The molecule has 0 fully saturated rings. The first-order valence-electron chi connectivity index (χ1n) is 5.74. The number of carbonyl (C=O) groups is 1. The summed E-state index contributed by atoms with van der Waals surface area (Å²) >= 11 is 4.53. The molecule has 3 rings (SSSR count). The van der Waals surface area contributed by atoms with Crippen molar-refractivity contribution >= 4 is 49.1 Å². The Morgan fingerprint density at radius 3 is 2.85 bits per heavy atom. The number of fused-ring (bicyclic) bond motifs is 1. The number of halogens is 2. The van der Waals surface area contributed by atoms with Crippen molar-refractivity contribution in [1.29, 1.82) is 0 Å². The van der Waals surface area contributed by atoms with Crippen LogP contribution in [-0.2, 0) is 0 Å². The second-order valence-electron chi connectivity index (χ2n) is 4.08. The molecule has 3 nitrogen and oxygen atoms in total. The lowest BCUT2D eigenvalue weighted by molar-refractivity contribution is 0.103. The molecule has 0 aliphatic carbocycles. The minimum atomic E-state index is -0.320. The first-order chi connectivity index (χ1) is 9.63. The Labute approximate surface area is 126 Å². The van der Waals surface area contributed by atoms with Gasteiger partial charge < -0.3 is 5.32 Å². The fourth-order valence-corrected chi connectivity index (χ4v) is 2.97. The van der Waals surface area contributed by atoms with Gasteiger partial charge in [-0.25, -0.2) is 9.37 Å². The van der Waals surface area contributed by atoms with Gasteiger partial charge in [-0.05, 0) is 46.3 Å². The molecule has 0 saturated carbocycles. The van der Waals surface area contributed by atoms with Gasteiger partial charge in [0, 0.05) is 20.8 Å². The highest BCUT2D eigenvalue weighted by atomic mass is 79.9. The molecule has 0 bridgehead atoms. The van der Waals surface area contributed by atoms with Crippen LogP contribution in [0.5, 0.6) is 0 Å². The summed E-state index contributed by atoms with van der Waals surface area (Å²) in [6.07, 6.45) is 1.60. The maximum Gasteiger partial charge on any atom is 0.266 e. The SMILES string of the molecule is O=C(Nc1ccc(Br)cn1)c1cc2c(F)cccc2s1. The van der Waals surface area contributed by atoms with Crippen LogP contribution in [0, 0.1) is 5.82 Å². The number of hydrogen-bond donors (Lipinski definition) is 1. The molecule has 0 spiro atoms. The van der Waals surface area contributed by atoms with Gasteiger partial charge in [-0.1, -0.05) is 6.07 Å². The fourth-order valence-electron chi connectivity index (χ4n) is 1.76. The van der Waals surface area contributed by atoms with Gasteiger partial charge in [-0.15, -0.1) is 11.3 Å². The zero-order valence-corrected chi connectivity index (χ0v) is 12.5. The molecule has 3 aromatic rings. The van der Waals surface area contributed by atoms with Crippen LogP contribution in [0.4, 0.5) is 10.2 Å². The number of pyridine rings is 1. The predicted molar refractivity (Wildman–Crippen MR) is 81.7 cm³/mol. The second kappa shape index (κ2) is 5.30. The molecule has 0 radical (unpaired) electrons. The van der Waals surface area contributed by atoms with Crippen LogP contribution < -0.4 is 5.32 Å². The molecule has 2 heterocycles. The van der Waals surface area contributed by atoms with E-state index in [-0.39, 0.29) is 11.7 Å². The van der Waals surface area contributed by atoms with Gasteiger partial charge in [-0.2, -0.15) is 0 Å². The largest absolute Gasteiger partial charge is 0.306 e. The molecular formula is C14H8BrFN2OS. The molecule has 0 aliphatic rings. The Kier molecular flexibility index (Phi) is 3.50.